The van der Waals surface area contributed by atoms with Crippen molar-refractivity contribution >= 4 is 55.5 Å². The molecule has 2 aromatic carbocycles. The van der Waals surface area contributed by atoms with Crippen LogP contribution < -0.4 is 19.5 Å². The molecule has 18 heteroatoms. The molecule has 4 aromatic heterocycles. The van der Waals surface area contributed by atoms with Crippen LogP contribution in [-0.4, -0.2) is 29.9 Å². The monoisotopic (exact) mass is 414 g/mol. The topological polar surface area (TPSA) is 228 Å². The molecule has 18 nitrogen and oxygen atoms in total. The Morgan fingerprint density at radius 2 is 1.53 bits per heavy atom. The van der Waals surface area contributed by atoms with Crippen LogP contribution in [0.5, 0.6) is 0 Å². The van der Waals surface area contributed by atoms with Gasteiger partial charge in [0.05, 0.1) is 37.3 Å². The number of nitrogens with zero attached hydrogens (tertiary/aromatic N) is 10. The summed E-state index contributed by atoms with van der Waals surface area (Å²) in [6, 6.07) is 2.12. The minimum absolute atomic E-state index is 0.0112. The molecule has 0 fully saturated rings. The SMILES string of the molecule is O=[N+]([O-])c1cc2c(nn3c4cc([N+](=O)[O-])c5no[n+]([O-])c5c4[n-][n+]23)c2c1no[n+]2[O-]. The Balaban J connectivity index is 1.88. The van der Waals surface area contributed by atoms with E-state index in [9.17, 15) is 30.6 Å². The Morgan fingerprint density at radius 3 is 2.20 bits per heavy atom. The summed E-state index contributed by atoms with van der Waals surface area (Å²) >= 11 is 0. The fourth-order valence-electron chi connectivity index (χ4n) is 3.37. The first-order valence-electron chi connectivity index (χ1n) is 7.82. The van der Waals surface area contributed by atoms with E-state index in [1.165, 1.54) is 0 Å². The third kappa shape index (κ3) is 1.67. The van der Waals surface area contributed by atoms with Crippen molar-refractivity contribution < 1.29 is 33.5 Å². The van der Waals surface area contributed by atoms with Crippen molar-refractivity contribution in [2.45, 2.75) is 0 Å². The molecule has 0 aliphatic rings. The van der Waals surface area contributed by atoms with E-state index >= 15 is 0 Å². The lowest BCUT2D eigenvalue weighted by Gasteiger charge is -1.94. The van der Waals surface area contributed by atoms with Crippen LogP contribution in [0, 0.1) is 30.6 Å². The summed E-state index contributed by atoms with van der Waals surface area (Å²) < 4.78 is 11.0. The molecule has 0 spiro atoms. The van der Waals surface area contributed by atoms with Crippen molar-refractivity contribution in [1.29, 1.82) is 0 Å². The van der Waals surface area contributed by atoms with Gasteiger partial charge >= 0.3 is 22.4 Å². The molecule has 148 valence electrons. The molecule has 0 saturated carbocycles. The molecule has 6 rings (SSSR count). The normalized spacial score (nSPS) is 12.1. The largest absolute Gasteiger partial charge is 0.359 e. The van der Waals surface area contributed by atoms with E-state index < -0.39 is 21.2 Å². The van der Waals surface area contributed by atoms with Gasteiger partial charge in [0.1, 0.15) is 0 Å². The molecule has 4 heterocycles. The molecule has 0 aliphatic carbocycles. The number of nitro groups is 2. The van der Waals surface area contributed by atoms with Crippen LogP contribution in [0.15, 0.2) is 21.4 Å². The van der Waals surface area contributed by atoms with Crippen molar-refractivity contribution in [3.05, 3.63) is 42.8 Å². The average molecular weight is 414 g/mol. The number of benzene rings is 2. The Kier molecular flexibility index (Phi) is 2.54. The second kappa shape index (κ2) is 4.81. The van der Waals surface area contributed by atoms with Gasteiger partial charge in [-0.2, -0.15) is 4.63 Å². The predicted octanol–water partition coefficient (Wildman–Crippen LogP) is -1.45. The van der Waals surface area contributed by atoms with E-state index in [-0.39, 0.29) is 53.9 Å². The van der Waals surface area contributed by atoms with E-state index in [4.69, 9.17) is 0 Å². The quantitative estimate of drug-likeness (QED) is 0.137. The van der Waals surface area contributed by atoms with Gasteiger partial charge in [0.2, 0.25) is 11.0 Å². The summed E-state index contributed by atoms with van der Waals surface area (Å²) in [5, 5.41) is 61.9. The van der Waals surface area contributed by atoms with Gasteiger partial charge in [-0.15, -0.1) is 4.63 Å². The maximum atomic E-state index is 12.0. The molecule has 0 N–H and O–H groups in total. The molecular formula is C12H2N10O8. The molecule has 0 saturated heterocycles. The number of nitro benzene ring substituents is 2. The van der Waals surface area contributed by atoms with E-state index in [2.05, 4.69) is 29.8 Å². The molecule has 0 radical (unpaired) electrons. The molecule has 6 aromatic rings. The molecule has 30 heavy (non-hydrogen) atoms. The van der Waals surface area contributed by atoms with Crippen LogP contribution >= 0.6 is 0 Å². The second-order valence-electron chi connectivity index (χ2n) is 6.07. The van der Waals surface area contributed by atoms with Gasteiger partial charge in [0, 0.05) is 6.07 Å². The summed E-state index contributed by atoms with van der Waals surface area (Å²) in [6.45, 7) is 0. The lowest BCUT2D eigenvalue weighted by Crippen LogP contribution is -2.31. The van der Waals surface area contributed by atoms with Gasteiger partial charge in [-0.3, -0.25) is 34.6 Å². The Bertz CT molecular complexity index is 1610. The number of rotatable bonds is 2. The van der Waals surface area contributed by atoms with Crippen LogP contribution in [0.2, 0.25) is 0 Å². The summed E-state index contributed by atoms with van der Waals surface area (Å²) in [4.78, 5) is 21.2. The first kappa shape index (κ1) is 15.9. The fraction of sp³-hybridized carbons (Fsp3) is 0. The lowest BCUT2D eigenvalue weighted by atomic mass is 10.2. The van der Waals surface area contributed by atoms with E-state index in [1.54, 1.807) is 0 Å². The number of aromatic nitrogens is 8. The van der Waals surface area contributed by atoms with Crippen molar-refractivity contribution in [1.82, 2.24) is 25.1 Å². The van der Waals surface area contributed by atoms with Crippen LogP contribution in [0.4, 0.5) is 11.4 Å². The molecule has 0 aliphatic heterocycles. The average Bonchev–Trinajstić information content (AvgIpc) is 3.43. The second-order valence-corrected chi connectivity index (χ2v) is 6.07. The highest BCUT2D eigenvalue weighted by Crippen LogP contribution is 2.31. The minimum atomic E-state index is -0.772. The molecular weight excluding hydrogens is 412 g/mol. The summed E-state index contributed by atoms with van der Waals surface area (Å²) in [5.74, 6) is 0. The van der Waals surface area contributed by atoms with Crippen molar-refractivity contribution in [2.24, 2.45) is 0 Å². The number of hydrogen-bond donors (Lipinski definition) is 0. The van der Waals surface area contributed by atoms with Gasteiger partial charge in [-0.05, 0) is 14.9 Å². The van der Waals surface area contributed by atoms with Gasteiger partial charge in [0.25, 0.3) is 11.0 Å². The summed E-state index contributed by atoms with van der Waals surface area (Å²) in [7, 11) is 0. The van der Waals surface area contributed by atoms with Crippen LogP contribution in [0.3, 0.4) is 0 Å². The highest BCUT2D eigenvalue weighted by molar-refractivity contribution is 6.04. The minimum Gasteiger partial charge on any atom is -0.359 e. The van der Waals surface area contributed by atoms with E-state index in [1.807, 2.05) is 0 Å². The predicted molar refractivity (Wildman–Crippen MR) is 85.5 cm³/mol. The summed E-state index contributed by atoms with van der Waals surface area (Å²) in [6.07, 6.45) is 0. The van der Waals surface area contributed by atoms with Gasteiger partial charge in [-0.25, -0.2) is 0 Å². The maximum Gasteiger partial charge on any atom is 0.331 e. The van der Waals surface area contributed by atoms with Crippen LogP contribution in [0.25, 0.3) is 44.1 Å². The van der Waals surface area contributed by atoms with E-state index in [0.29, 0.717) is 0 Å². The Hall–Kier alpha value is -5.16. The fourth-order valence-corrected chi connectivity index (χ4v) is 3.37. The standard InChI is InChI=1S/C12H2N10O8/c23-19(24)5-1-3-7(11-9(5)15-29-21(11)27)13-18-4-2-6(20(25)26)10-12(22(28)30-16-10)8(4)14-17(3)18/h1-2H. The molecule has 0 bridgehead atoms. The van der Waals surface area contributed by atoms with Gasteiger partial charge < -0.3 is 10.4 Å². The number of non-ortho nitro benzene ring substituents is 2. The molecule has 0 amide bonds. The van der Waals surface area contributed by atoms with Crippen LogP contribution in [-0.2, 0) is 0 Å². The van der Waals surface area contributed by atoms with Crippen molar-refractivity contribution in [3.63, 3.8) is 0 Å². The highest BCUT2D eigenvalue weighted by atomic mass is 16.8. The Labute approximate surface area is 158 Å². The van der Waals surface area contributed by atoms with Crippen molar-refractivity contribution in [3.8, 4) is 0 Å². The zero-order valence-electron chi connectivity index (χ0n) is 13.9. The zero-order valence-corrected chi connectivity index (χ0v) is 13.9. The Morgan fingerprint density at radius 1 is 0.933 bits per heavy atom. The summed E-state index contributed by atoms with van der Waals surface area (Å²) in [5.41, 5.74) is -2.58. The number of hydrogen-bond acceptors (Lipinski definition) is 11. The van der Waals surface area contributed by atoms with Crippen LogP contribution in [0.1, 0.15) is 0 Å². The first-order valence-corrected chi connectivity index (χ1v) is 7.82. The molecule has 0 unspecified atom stereocenters. The third-order valence-electron chi connectivity index (χ3n) is 4.59. The smallest absolute Gasteiger partial charge is 0.331 e. The number of fused-ring (bicyclic) bond motifs is 9. The maximum absolute atomic E-state index is 12.0. The third-order valence-corrected chi connectivity index (χ3v) is 4.59. The van der Waals surface area contributed by atoms with Crippen molar-refractivity contribution in [2.75, 3.05) is 0 Å². The van der Waals surface area contributed by atoms with Gasteiger partial charge in [-0.1, -0.05) is 0 Å². The van der Waals surface area contributed by atoms with Gasteiger partial charge in [0.15, 0.2) is 0 Å². The molecule has 0 atom stereocenters. The highest BCUT2D eigenvalue weighted by Gasteiger charge is 2.34. The van der Waals surface area contributed by atoms with E-state index in [0.717, 1.165) is 21.4 Å². The first-order chi connectivity index (χ1) is 14.4. The lowest BCUT2D eigenvalue weighted by molar-refractivity contribution is -0.781. The zero-order chi connectivity index (χ0) is 20.9.